The second-order valence-corrected chi connectivity index (χ2v) is 10.0. The van der Waals surface area contributed by atoms with Gasteiger partial charge in [0.05, 0.1) is 11.1 Å². The van der Waals surface area contributed by atoms with E-state index in [4.69, 9.17) is 39.5 Å². The van der Waals surface area contributed by atoms with Gasteiger partial charge in [-0.3, -0.25) is 9.59 Å². The highest BCUT2D eigenvalue weighted by Crippen LogP contribution is 2.63. The summed E-state index contributed by atoms with van der Waals surface area (Å²) in [5.41, 5.74) is 4.53. The van der Waals surface area contributed by atoms with Gasteiger partial charge in [0.1, 0.15) is 10.1 Å². The van der Waals surface area contributed by atoms with Crippen molar-refractivity contribution in [3.05, 3.63) is 58.6 Å². The molecule has 1 aliphatic carbocycles. The Morgan fingerprint density at radius 2 is 1.78 bits per heavy atom. The Kier molecular flexibility index (Phi) is 7.08. The van der Waals surface area contributed by atoms with Gasteiger partial charge < -0.3 is 10.1 Å². The maximum Gasteiger partial charge on any atom is 0.265 e. The second kappa shape index (κ2) is 9.30. The Balaban J connectivity index is 1.56. The van der Waals surface area contributed by atoms with Crippen molar-refractivity contribution < 1.29 is 14.3 Å². The summed E-state index contributed by atoms with van der Waals surface area (Å²) in [5, 5.41) is 7.56. The first-order valence-electron chi connectivity index (χ1n) is 9.99. The lowest BCUT2D eigenvalue weighted by molar-refractivity contribution is -0.125. The number of nitrogens with zero attached hydrogens (tertiary/aromatic N) is 1. The van der Waals surface area contributed by atoms with E-state index in [1.807, 2.05) is 6.92 Å². The average molecular weight is 497 g/mol. The molecule has 1 fully saturated rings. The number of alkyl halides is 2. The Labute approximate surface area is 202 Å². The van der Waals surface area contributed by atoms with Crippen molar-refractivity contribution in [1.29, 1.82) is 0 Å². The van der Waals surface area contributed by atoms with Crippen LogP contribution in [0, 0.1) is 12.3 Å². The predicted octanol–water partition coefficient (Wildman–Crippen LogP) is 5.48. The van der Waals surface area contributed by atoms with Crippen molar-refractivity contribution in [2.45, 2.75) is 44.6 Å². The predicted molar refractivity (Wildman–Crippen MR) is 129 cm³/mol. The van der Waals surface area contributed by atoms with Crippen molar-refractivity contribution in [3.63, 3.8) is 0 Å². The summed E-state index contributed by atoms with van der Waals surface area (Å²) in [6.07, 6.45) is -0.315. The molecular formula is C23H24Cl3N3O3. The molecular weight excluding hydrogens is 473 g/mol. The fourth-order valence-corrected chi connectivity index (χ4v) is 3.93. The molecule has 0 bridgehead atoms. The normalized spacial score (nSPS) is 20.3. The molecule has 0 spiro atoms. The van der Waals surface area contributed by atoms with Crippen molar-refractivity contribution in [3.8, 4) is 5.75 Å². The smallest absolute Gasteiger partial charge is 0.265 e. The molecule has 0 radical (unpaired) electrons. The van der Waals surface area contributed by atoms with Crippen LogP contribution in [0.3, 0.4) is 0 Å². The lowest BCUT2D eigenvalue weighted by atomic mass is 10.1. The van der Waals surface area contributed by atoms with E-state index in [2.05, 4.69) is 15.8 Å². The minimum atomic E-state index is -1.05. The molecule has 6 nitrogen and oxygen atoms in total. The number of halogens is 3. The minimum Gasteiger partial charge on any atom is -0.481 e. The number of nitrogens with one attached hydrogen (secondary N) is 2. The summed E-state index contributed by atoms with van der Waals surface area (Å²) in [6, 6.07) is 12.3. The molecule has 0 unspecified atom stereocenters. The zero-order valence-electron chi connectivity index (χ0n) is 18.1. The molecule has 9 heteroatoms. The fraction of sp³-hybridized carbons (Fsp3) is 0.348. The number of hydrogen-bond donors (Lipinski definition) is 2. The van der Waals surface area contributed by atoms with Gasteiger partial charge in [-0.05, 0) is 75.6 Å². The van der Waals surface area contributed by atoms with Crippen molar-refractivity contribution in [2.75, 3.05) is 5.32 Å². The highest BCUT2D eigenvalue weighted by molar-refractivity contribution is 6.53. The van der Waals surface area contributed by atoms with E-state index < -0.39 is 15.9 Å². The van der Waals surface area contributed by atoms with Gasteiger partial charge in [-0.15, -0.1) is 23.2 Å². The summed E-state index contributed by atoms with van der Waals surface area (Å²) < 4.78 is 4.70. The largest absolute Gasteiger partial charge is 0.481 e. The Hall–Kier alpha value is -2.28. The van der Waals surface area contributed by atoms with Crippen molar-refractivity contribution in [2.24, 2.45) is 10.5 Å². The zero-order chi connectivity index (χ0) is 23.7. The molecule has 32 heavy (non-hydrogen) atoms. The number of hydrazone groups is 1. The van der Waals surface area contributed by atoms with E-state index in [1.54, 1.807) is 63.2 Å². The molecule has 2 aromatic carbocycles. The molecule has 0 aromatic heterocycles. The number of aryl methyl sites for hydroxylation is 1. The summed E-state index contributed by atoms with van der Waals surface area (Å²) in [6.45, 7) is 7.00. The molecule has 0 saturated heterocycles. The summed E-state index contributed by atoms with van der Waals surface area (Å²) >= 11 is 18.0. The van der Waals surface area contributed by atoms with E-state index in [0.717, 1.165) is 11.1 Å². The number of carbonyl (C=O) groups excluding carboxylic acids is 2. The fourth-order valence-electron chi connectivity index (χ4n) is 3.00. The van der Waals surface area contributed by atoms with E-state index in [-0.39, 0.29) is 11.8 Å². The van der Waals surface area contributed by atoms with E-state index in [9.17, 15) is 9.59 Å². The molecule has 0 aliphatic heterocycles. The number of amides is 2. The third-order valence-corrected chi connectivity index (χ3v) is 6.80. The van der Waals surface area contributed by atoms with Gasteiger partial charge in [0.25, 0.3) is 5.91 Å². The summed E-state index contributed by atoms with van der Waals surface area (Å²) in [7, 11) is 0. The van der Waals surface area contributed by atoms with Crippen LogP contribution in [-0.2, 0) is 9.59 Å². The van der Waals surface area contributed by atoms with Gasteiger partial charge in [0, 0.05) is 10.7 Å². The van der Waals surface area contributed by atoms with Crippen molar-refractivity contribution in [1.82, 2.24) is 5.43 Å². The zero-order valence-corrected chi connectivity index (χ0v) is 20.4. The number of anilines is 1. The lowest BCUT2D eigenvalue weighted by Crippen LogP contribution is -2.30. The number of hydrogen-bond acceptors (Lipinski definition) is 4. The molecule has 1 aliphatic rings. The third-order valence-electron chi connectivity index (χ3n) is 5.46. The molecule has 2 atom stereocenters. The monoisotopic (exact) mass is 495 g/mol. The number of rotatable bonds is 7. The van der Waals surface area contributed by atoms with Crippen LogP contribution < -0.4 is 15.5 Å². The van der Waals surface area contributed by atoms with Gasteiger partial charge in [-0.1, -0.05) is 23.7 Å². The van der Waals surface area contributed by atoms with Gasteiger partial charge in [0.2, 0.25) is 5.91 Å². The van der Waals surface area contributed by atoms with Gasteiger partial charge >= 0.3 is 0 Å². The molecule has 1 saturated carbocycles. The highest BCUT2D eigenvalue weighted by Gasteiger charge is 2.68. The molecule has 2 amide bonds. The summed E-state index contributed by atoms with van der Waals surface area (Å²) in [5.74, 6) is -0.00868. The summed E-state index contributed by atoms with van der Waals surface area (Å²) in [4.78, 5) is 24.7. The Bertz CT molecular complexity index is 1070. The molecule has 170 valence electrons. The van der Waals surface area contributed by atoms with E-state index >= 15 is 0 Å². The van der Waals surface area contributed by atoms with Crippen LogP contribution in [0.15, 0.2) is 47.6 Å². The quantitative estimate of drug-likeness (QED) is 0.303. The number of carbonyl (C=O) groups is 2. The number of benzene rings is 2. The van der Waals surface area contributed by atoms with Gasteiger partial charge in [0.15, 0.2) is 6.10 Å². The second-order valence-electron chi connectivity index (χ2n) is 8.09. The van der Waals surface area contributed by atoms with E-state index in [1.165, 1.54) is 0 Å². The number of ether oxygens (including phenoxy) is 1. The lowest BCUT2D eigenvalue weighted by Gasteiger charge is -2.16. The first-order chi connectivity index (χ1) is 14.9. The Morgan fingerprint density at radius 3 is 2.34 bits per heavy atom. The molecule has 2 N–H and O–H groups in total. The third kappa shape index (κ3) is 5.37. The Morgan fingerprint density at radius 1 is 1.16 bits per heavy atom. The van der Waals surface area contributed by atoms with Crippen LogP contribution in [0.2, 0.25) is 5.02 Å². The highest BCUT2D eigenvalue weighted by atomic mass is 35.5. The van der Waals surface area contributed by atoms with Crippen molar-refractivity contribution >= 4 is 58.0 Å². The maximum atomic E-state index is 12.5. The van der Waals surface area contributed by atoms with Crippen LogP contribution in [0.5, 0.6) is 5.75 Å². The maximum absolute atomic E-state index is 12.5. The first-order valence-corrected chi connectivity index (χ1v) is 11.1. The molecule has 3 rings (SSSR count). The minimum absolute atomic E-state index is 0.284. The van der Waals surface area contributed by atoms with Crippen LogP contribution >= 0.6 is 34.8 Å². The first kappa shape index (κ1) is 24.4. The van der Waals surface area contributed by atoms with Gasteiger partial charge in [-0.25, -0.2) is 5.43 Å². The SMILES string of the molecule is C/C(=N/NC(=O)[C@@]1(C)CC1(Cl)Cl)c1ccc(NC(=O)[C@H](C)Oc2ccc(Cl)cc2C)cc1. The topological polar surface area (TPSA) is 79.8 Å². The molecule has 0 heterocycles. The van der Waals surface area contributed by atoms with Crippen LogP contribution in [0.4, 0.5) is 5.69 Å². The molecule has 2 aromatic rings. The van der Waals surface area contributed by atoms with Crippen LogP contribution in [0.25, 0.3) is 0 Å². The van der Waals surface area contributed by atoms with Crippen LogP contribution in [0.1, 0.15) is 38.3 Å². The van der Waals surface area contributed by atoms with Crippen LogP contribution in [-0.4, -0.2) is 28.0 Å². The average Bonchev–Trinajstić information content (AvgIpc) is 3.27. The standard InChI is InChI=1S/C23H24Cl3N3O3/c1-13-11-17(24)7-10-19(13)32-15(3)20(30)27-18-8-5-16(6-9-18)14(2)28-29-21(31)22(4)12-23(22,25)26/h5-11,15H,12H2,1-4H3,(H,27,30)(H,29,31)/b28-14-/t15-,22+/m0/s1. The van der Waals surface area contributed by atoms with E-state index in [0.29, 0.717) is 28.6 Å². The van der Waals surface area contributed by atoms with Gasteiger partial charge in [-0.2, -0.15) is 5.10 Å².